The second kappa shape index (κ2) is 6.44. The van der Waals surface area contributed by atoms with E-state index in [0.717, 1.165) is 0 Å². The molecule has 0 saturated heterocycles. The number of ether oxygens (including phenoxy) is 1. The van der Waals surface area contributed by atoms with Gasteiger partial charge in [-0.3, -0.25) is 14.5 Å². The van der Waals surface area contributed by atoms with Crippen LogP contribution in [0.3, 0.4) is 0 Å². The molecule has 0 aliphatic carbocycles. The summed E-state index contributed by atoms with van der Waals surface area (Å²) in [5.74, 6) is 0.618. The number of aryl methyl sites for hydroxylation is 1. The highest BCUT2D eigenvalue weighted by atomic mass is 32.1. The minimum atomic E-state index is -0.237. The van der Waals surface area contributed by atoms with Crippen LogP contribution >= 0.6 is 12.2 Å². The standard InChI is InChI=1S/C18H16N4O4S/c1-2-9-5-11(14(24)7-13(9)23)17-20-21-18(27)22(17)10-3-4-15-12(6-10)19-16(25)8-26-15/h3-7,23-24H,2,8H2,1H3,(H,19,25)(H,21,27). The lowest BCUT2D eigenvalue weighted by molar-refractivity contribution is -0.118. The van der Waals surface area contributed by atoms with Gasteiger partial charge in [0.1, 0.15) is 17.2 Å². The van der Waals surface area contributed by atoms with Gasteiger partial charge >= 0.3 is 0 Å². The molecule has 0 spiro atoms. The van der Waals surface area contributed by atoms with Gasteiger partial charge in [0.2, 0.25) is 0 Å². The predicted molar refractivity (Wildman–Crippen MR) is 101 cm³/mol. The van der Waals surface area contributed by atoms with E-state index in [-0.39, 0.29) is 24.0 Å². The molecule has 8 nitrogen and oxygen atoms in total. The van der Waals surface area contributed by atoms with Gasteiger partial charge in [0, 0.05) is 6.07 Å². The average molecular weight is 384 g/mol. The molecule has 27 heavy (non-hydrogen) atoms. The summed E-state index contributed by atoms with van der Waals surface area (Å²) in [6.45, 7) is 1.88. The fourth-order valence-corrected chi connectivity index (χ4v) is 3.25. The number of amides is 1. The van der Waals surface area contributed by atoms with E-state index in [9.17, 15) is 15.0 Å². The monoisotopic (exact) mass is 384 g/mol. The van der Waals surface area contributed by atoms with Crippen LogP contribution in [0.1, 0.15) is 12.5 Å². The highest BCUT2D eigenvalue weighted by Gasteiger charge is 2.20. The summed E-state index contributed by atoms with van der Waals surface area (Å²) in [7, 11) is 0. The predicted octanol–water partition coefficient (Wildman–Crippen LogP) is 2.90. The molecule has 4 rings (SSSR count). The van der Waals surface area contributed by atoms with Crippen LogP contribution in [0.2, 0.25) is 0 Å². The molecular weight excluding hydrogens is 368 g/mol. The van der Waals surface area contributed by atoms with Gasteiger partial charge < -0.3 is 20.3 Å². The molecule has 138 valence electrons. The first-order chi connectivity index (χ1) is 13.0. The maximum absolute atomic E-state index is 11.6. The van der Waals surface area contributed by atoms with Gasteiger partial charge in [-0.25, -0.2) is 0 Å². The molecule has 3 aromatic rings. The van der Waals surface area contributed by atoms with Crippen molar-refractivity contribution < 1.29 is 19.7 Å². The molecule has 0 saturated carbocycles. The molecule has 2 aromatic carbocycles. The van der Waals surface area contributed by atoms with Crippen molar-refractivity contribution in [1.29, 1.82) is 0 Å². The lowest BCUT2D eigenvalue weighted by Crippen LogP contribution is -2.25. The number of aromatic nitrogens is 3. The number of H-pyrrole nitrogens is 1. The lowest BCUT2D eigenvalue weighted by atomic mass is 10.1. The van der Waals surface area contributed by atoms with Gasteiger partial charge in [0.05, 0.1) is 16.9 Å². The SMILES string of the molecule is CCc1cc(-c2n[nH]c(=S)n2-c2ccc3c(c2)NC(=O)CO3)c(O)cc1O. The van der Waals surface area contributed by atoms with Crippen LogP contribution in [-0.2, 0) is 11.2 Å². The summed E-state index contributed by atoms with van der Waals surface area (Å²) >= 11 is 5.36. The third-order valence-corrected chi connectivity index (χ3v) is 4.62. The van der Waals surface area contributed by atoms with Crippen LogP contribution in [0.4, 0.5) is 5.69 Å². The van der Waals surface area contributed by atoms with Crippen molar-refractivity contribution in [3.63, 3.8) is 0 Å². The highest BCUT2D eigenvalue weighted by Crippen LogP contribution is 2.36. The van der Waals surface area contributed by atoms with Crippen molar-refractivity contribution in [3.8, 4) is 34.3 Å². The number of fused-ring (bicyclic) bond motifs is 1. The fraction of sp³-hybridized carbons (Fsp3) is 0.167. The second-order valence-electron chi connectivity index (χ2n) is 6.06. The molecular formula is C18H16N4O4S. The smallest absolute Gasteiger partial charge is 0.262 e. The van der Waals surface area contributed by atoms with Gasteiger partial charge in [-0.15, -0.1) is 0 Å². The Morgan fingerprint density at radius 3 is 2.85 bits per heavy atom. The van der Waals surface area contributed by atoms with Gasteiger partial charge in [-0.05, 0) is 48.5 Å². The summed E-state index contributed by atoms with van der Waals surface area (Å²) in [6.07, 6.45) is 0.590. The molecule has 1 aliphatic rings. The maximum Gasteiger partial charge on any atom is 0.262 e. The molecule has 1 aliphatic heterocycles. The summed E-state index contributed by atoms with van der Waals surface area (Å²) in [6, 6.07) is 8.20. The number of hydrogen-bond donors (Lipinski definition) is 4. The zero-order valence-electron chi connectivity index (χ0n) is 14.3. The summed E-state index contributed by atoms with van der Waals surface area (Å²) < 4.78 is 7.34. The Hall–Kier alpha value is -3.33. The number of anilines is 1. The van der Waals surface area contributed by atoms with E-state index in [2.05, 4.69) is 15.5 Å². The normalized spacial score (nSPS) is 13.0. The zero-order valence-corrected chi connectivity index (χ0v) is 15.1. The van der Waals surface area contributed by atoms with Crippen LogP contribution in [0, 0.1) is 4.77 Å². The number of aromatic hydroxyl groups is 2. The van der Waals surface area contributed by atoms with E-state index < -0.39 is 0 Å². The first-order valence-corrected chi connectivity index (χ1v) is 8.68. The number of hydrogen-bond acceptors (Lipinski definition) is 6. The number of phenolic OH excluding ortho intramolecular Hbond substituents is 2. The zero-order chi connectivity index (χ0) is 19.1. The third kappa shape index (κ3) is 2.91. The highest BCUT2D eigenvalue weighted by molar-refractivity contribution is 7.71. The van der Waals surface area contributed by atoms with Crippen LogP contribution in [0.15, 0.2) is 30.3 Å². The number of nitrogens with one attached hydrogen (secondary N) is 2. The molecule has 0 fully saturated rings. The molecule has 9 heteroatoms. The van der Waals surface area contributed by atoms with Crippen molar-refractivity contribution in [1.82, 2.24) is 14.8 Å². The first kappa shape index (κ1) is 17.1. The number of rotatable bonds is 3. The Balaban J connectivity index is 1.88. The van der Waals surface area contributed by atoms with Gasteiger partial charge in [-0.1, -0.05) is 6.92 Å². The van der Waals surface area contributed by atoms with Crippen molar-refractivity contribution in [2.24, 2.45) is 0 Å². The Morgan fingerprint density at radius 1 is 1.26 bits per heavy atom. The van der Waals surface area contributed by atoms with Crippen LogP contribution < -0.4 is 10.1 Å². The molecule has 1 aromatic heterocycles. The quantitative estimate of drug-likeness (QED) is 0.517. The van der Waals surface area contributed by atoms with Gasteiger partial charge in [-0.2, -0.15) is 5.10 Å². The number of carbonyl (C=O) groups is 1. The molecule has 4 N–H and O–H groups in total. The minimum Gasteiger partial charge on any atom is -0.508 e. The topological polar surface area (TPSA) is 112 Å². The Morgan fingerprint density at radius 2 is 2.07 bits per heavy atom. The van der Waals surface area contributed by atoms with E-state index >= 15 is 0 Å². The largest absolute Gasteiger partial charge is 0.508 e. The molecule has 0 unspecified atom stereocenters. The van der Waals surface area contributed by atoms with Crippen LogP contribution in [-0.4, -0.2) is 37.5 Å². The minimum absolute atomic E-state index is 0.0214. The van der Waals surface area contributed by atoms with Gasteiger partial charge in [0.25, 0.3) is 5.91 Å². The van der Waals surface area contributed by atoms with E-state index in [0.29, 0.717) is 45.3 Å². The second-order valence-corrected chi connectivity index (χ2v) is 6.44. The summed E-state index contributed by atoms with van der Waals surface area (Å²) in [4.78, 5) is 11.6. The lowest BCUT2D eigenvalue weighted by Gasteiger charge is -2.19. The fourth-order valence-electron chi connectivity index (χ4n) is 3.01. The van der Waals surface area contributed by atoms with E-state index in [1.807, 2.05) is 6.92 Å². The number of phenols is 2. The Labute approximate surface area is 159 Å². The van der Waals surface area contributed by atoms with Crippen molar-refractivity contribution >= 4 is 23.8 Å². The first-order valence-electron chi connectivity index (χ1n) is 8.27. The summed E-state index contributed by atoms with van der Waals surface area (Å²) in [5.41, 5.74) is 2.27. The van der Waals surface area contributed by atoms with E-state index in [4.69, 9.17) is 17.0 Å². The van der Waals surface area contributed by atoms with Crippen molar-refractivity contribution in [2.75, 3.05) is 11.9 Å². The molecule has 2 heterocycles. The molecule has 0 radical (unpaired) electrons. The van der Waals surface area contributed by atoms with E-state index in [1.54, 1.807) is 28.8 Å². The van der Waals surface area contributed by atoms with Crippen molar-refractivity contribution in [3.05, 3.63) is 40.7 Å². The van der Waals surface area contributed by atoms with Crippen molar-refractivity contribution in [2.45, 2.75) is 13.3 Å². The van der Waals surface area contributed by atoms with Crippen LogP contribution in [0.25, 0.3) is 17.1 Å². The Bertz CT molecular complexity index is 1120. The molecule has 1 amide bonds. The third-order valence-electron chi connectivity index (χ3n) is 4.35. The maximum atomic E-state index is 11.6. The van der Waals surface area contributed by atoms with E-state index in [1.165, 1.54) is 6.07 Å². The molecule has 0 bridgehead atoms. The van der Waals surface area contributed by atoms with Crippen LogP contribution in [0.5, 0.6) is 17.2 Å². The van der Waals surface area contributed by atoms with Gasteiger partial charge in [0.15, 0.2) is 17.2 Å². The molecule has 0 atom stereocenters. The summed E-state index contributed by atoms with van der Waals surface area (Å²) in [5, 5.41) is 30.0. The number of carbonyl (C=O) groups excluding carboxylic acids is 1. The average Bonchev–Trinajstić information content (AvgIpc) is 3.02. The number of benzene rings is 2. The number of nitrogens with zero attached hydrogens (tertiary/aromatic N) is 2. The Kier molecular flexibility index (Phi) is 4.08. The number of aromatic amines is 1.